The number of benzene rings is 1. The van der Waals surface area contributed by atoms with Gasteiger partial charge in [-0.3, -0.25) is 0 Å². The molecule has 0 atom stereocenters. The Morgan fingerprint density at radius 3 is 2.50 bits per heavy atom. The summed E-state index contributed by atoms with van der Waals surface area (Å²) >= 11 is 1.88. The fraction of sp³-hybridized carbons (Fsp3) is 0.625. The molecular weight excluding hydrogens is 272 g/mol. The Kier molecular flexibility index (Phi) is 5.75. The quantitative estimate of drug-likeness (QED) is 0.749. The molecule has 1 aliphatic rings. The molecule has 0 radical (unpaired) electrons. The van der Waals surface area contributed by atoms with E-state index in [0.29, 0.717) is 13.2 Å². The summed E-state index contributed by atoms with van der Waals surface area (Å²) in [6, 6.07) is 6.30. The Hall–Kier alpha value is -0.710. The first-order valence-corrected chi connectivity index (χ1v) is 8.26. The molecule has 1 aliphatic heterocycles. The maximum atomic E-state index is 9.32. The third-order valence-corrected chi connectivity index (χ3v) is 4.85. The number of rotatable bonds is 8. The lowest BCUT2D eigenvalue weighted by atomic mass is 9.90. The van der Waals surface area contributed by atoms with Crippen molar-refractivity contribution >= 4 is 11.8 Å². The second-order valence-electron chi connectivity index (χ2n) is 5.73. The van der Waals surface area contributed by atoms with E-state index in [-0.39, 0.29) is 12.0 Å². The molecule has 1 N–H and O–H groups in total. The van der Waals surface area contributed by atoms with Gasteiger partial charge in [0, 0.05) is 11.2 Å². The van der Waals surface area contributed by atoms with E-state index in [1.165, 1.54) is 11.1 Å². The highest BCUT2D eigenvalue weighted by Crippen LogP contribution is 2.31. The normalized spacial score (nSPS) is 16.8. The maximum absolute atomic E-state index is 9.32. The van der Waals surface area contributed by atoms with Crippen molar-refractivity contribution in [3.63, 3.8) is 0 Å². The van der Waals surface area contributed by atoms with Crippen molar-refractivity contribution in [2.45, 2.75) is 20.3 Å². The van der Waals surface area contributed by atoms with E-state index in [1.807, 2.05) is 11.8 Å². The number of aryl methyl sites for hydroxylation is 2. The minimum absolute atomic E-state index is 0.0270. The van der Waals surface area contributed by atoms with Gasteiger partial charge in [-0.05, 0) is 49.3 Å². The molecule has 112 valence electrons. The molecule has 1 fully saturated rings. The third kappa shape index (κ3) is 4.40. The zero-order valence-electron chi connectivity index (χ0n) is 12.4. The van der Waals surface area contributed by atoms with Crippen molar-refractivity contribution in [1.82, 2.24) is 0 Å². The molecule has 4 heteroatoms. The summed E-state index contributed by atoms with van der Waals surface area (Å²) in [5.74, 6) is 3.01. The van der Waals surface area contributed by atoms with Gasteiger partial charge in [0.2, 0.25) is 0 Å². The van der Waals surface area contributed by atoms with Gasteiger partial charge in [0.15, 0.2) is 0 Å². The van der Waals surface area contributed by atoms with Gasteiger partial charge in [-0.15, -0.1) is 0 Å². The predicted octanol–water partition coefficient (Wildman–Crippen LogP) is 2.81. The van der Waals surface area contributed by atoms with Crippen LogP contribution in [0.5, 0.6) is 5.75 Å². The van der Waals surface area contributed by atoms with Crippen LogP contribution in [0.4, 0.5) is 0 Å². The first kappa shape index (κ1) is 15.7. The highest BCUT2D eigenvalue weighted by Gasteiger charge is 2.37. The van der Waals surface area contributed by atoms with E-state index in [2.05, 4.69) is 32.0 Å². The summed E-state index contributed by atoms with van der Waals surface area (Å²) in [7, 11) is 0. The van der Waals surface area contributed by atoms with Gasteiger partial charge in [-0.25, -0.2) is 0 Å². The van der Waals surface area contributed by atoms with Gasteiger partial charge in [-0.2, -0.15) is 11.8 Å². The van der Waals surface area contributed by atoms with Crippen LogP contribution in [0.3, 0.4) is 0 Å². The van der Waals surface area contributed by atoms with Crippen LogP contribution >= 0.6 is 11.8 Å². The van der Waals surface area contributed by atoms with Crippen molar-refractivity contribution in [3.05, 3.63) is 29.3 Å². The van der Waals surface area contributed by atoms with Crippen molar-refractivity contribution < 1.29 is 14.6 Å². The number of ether oxygens (including phenoxy) is 2. The molecule has 1 aromatic rings. The molecule has 2 rings (SSSR count). The fourth-order valence-electron chi connectivity index (χ4n) is 2.27. The minimum atomic E-state index is 0.0270. The summed E-state index contributed by atoms with van der Waals surface area (Å²) in [5.41, 5.74) is 2.51. The number of aliphatic hydroxyl groups is 1. The van der Waals surface area contributed by atoms with Gasteiger partial charge in [0.1, 0.15) is 5.75 Å². The van der Waals surface area contributed by atoms with Gasteiger partial charge >= 0.3 is 0 Å². The van der Waals surface area contributed by atoms with Crippen LogP contribution < -0.4 is 4.74 Å². The highest BCUT2D eigenvalue weighted by atomic mass is 32.2. The summed E-state index contributed by atoms with van der Waals surface area (Å²) in [4.78, 5) is 0. The lowest BCUT2D eigenvalue weighted by molar-refractivity contribution is -0.121. The fourth-order valence-corrected chi connectivity index (χ4v) is 3.42. The van der Waals surface area contributed by atoms with Crippen molar-refractivity contribution in [3.8, 4) is 5.75 Å². The molecule has 0 bridgehead atoms. The molecule has 1 aromatic carbocycles. The van der Waals surface area contributed by atoms with Crippen LogP contribution in [0.2, 0.25) is 0 Å². The second-order valence-corrected chi connectivity index (χ2v) is 6.83. The summed E-state index contributed by atoms with van der Waals surface area (Å²) in [6.07, 6.45) is 1.03. The van der Waals surface area contributed by atoms with Gasteiger partial charge in [-0.1, -0.05) is 6.07 Å². The Labute approximate surface area is 125 Å². The molecule has 0 spiro atoms. The van der Waals surface area contributed by atoms with Crippen LogP contribution in [-0.2, 0) is 4.74 Å². The standard InChI is InChI=1S/C16H24O3S/c1-13-6-14(2)8-15(7-13)19-4-3-5-20-12-16(9-17)10-18-11-16/h6-8,17H,3-5,9-12H2,1-2H3. The van der Waals surface area contributed by atoms with Crippen molar-refractivity contribution in [1.29, 1.82) is 0 Å². The monoisotopic (exact) mass is 296 g/mol. The molecule has 0 aliphatic carbocycles. The summed E-state index contributed by atoms with van der Waals surface area (Å²) in [5, 5.41) is 9.32. The van der Waals surface area contributed by atoms with Gasteiger partial charge < -0.3 is 14.6 Å². The van der Waals surface area contributed by atoms with Crippen LogP contribution in [-0.4, -0.2) is 43.0 Å². The van der Waals surface area contributed by atoms with E-state index in [0.717, 1.165) is 30.3 Å². The third-order valence-electron chi connectivity index (χ3n) is 3.46. The molecule has 0 saturated carbocycles. The van der Waals surface area contributed by atoms with E-state index >= 15 is 0 Å². The van der Waals surface area contributed by atoms with E-state index < -0.39 is 0 Å². The summed E-state index contributed by atoms with van der Waals surface area (Å²) in [6.45, 7) is 6.57. The molecule has 20 heavy (non-hydrogen) atoms. The highest BCUT2D eigenvalue weighted by molar-refractivity contribution is 7.99. The largest absolute Gasteiger partial charge is 0.494 e. The van der Waals surface area contributed by atoms with Crippen LogP contribution in [0.25, 0.3) is 0 Å². The SMILES string of the molecule is Cc1cc(C)cc(OCCCSCC2(CO)COC2)c1. The van der Waals surface area contributed by atoms with E-state index in [1.54, 1.807) is 0 Å². The van der Waals surface area contributed by atoms with Gasteiger partial charge in [0.05, 0.1) is 26.4 Å². The predicted molar refractivity (Wildman–Crippen MR) is 83.7 cm³/mol. The average molecular weight is 296 g/mol. The molecule has 0 unspecified atom stereocenters. The first-order chi connectivity index (χ1) is 9.63. The van der Waals surface area contributed by atoms with E-state index in [9.17, 15) is 5.11 Å². The molecule has 0 amide bonds. The maximum Gasteiger partial charge on any atom is 0.119 e. The number of hydrogen-bond acceptors (Lipinski definition) is 4. The van der Waals surface area contributed by atoms with Crippen LogP contribution in [0.1, 0.15) is 17.5 Å². The van der Waals surface area contributed by atoms with E-state index in [4.69, 9.17) is 9.47 Å². The average Bonchev–Trinajstić information content (AvgIpc) is 2.35. The van der Waals surface area contributed by atoms with Crippen LogP contribution in [0, 0.1) is 19.3 Å². The minimum Gasteiger partial charge on any atom is -0.494 e. The smallest absolute Gasteiger partial charge is 0.119 e. The number of thioether (sulfide) groups is 1. The molecule has 1 heterocycles. The first-order valence-electron chi connectivity index (χ1n) is 7.11. The summed E-state index contributed by atoms with van der Waals surface area (Å²) < 4.78 is 11.0. The molecular formula is C16H24O3S. The van der Waals surface area contributed by atoms with Gasteiger partial charge in [0.25, 0.3) is 0 Å². The number of aliphatic hydroxyl groups excluding tert-OH is 1. The zero-order chi connectivity index (χ0) is 14.4. The lowest BCUT2D eigenvalue weighted by Gasteiger charge is -2.39. The lowest BCUT2D eigenvalue weighted by Crippen LogP contribution is -2.47. The Morgan fingerprint density at radius 2 is 1.95 bits per heavy atom. The zero-order valence-corrected chi connectivity index (χ0v) is 13.2. The topological polar surface area (TPSA) is 38.7 Å². The molecule has 1 saturated heterocycles. The Balaban J connectivity index is 1.59. The van der Waals surface area contributed by atoms with Crippen LogP contribution in [0.15, 0.2) is 18.2 Å². The number of hydrogen-bond donors (Lipinski definition) is 1. The molecule has 3 nitrogen and oxygen atoms in total. The Bertz CT molecular complexity index is 404. The van der Waals surface area contributed by atoms with Crippen molar-refractivity contribution in [2.24, 2.45) is 5.41 Å². The Morgan fingerprint density at radius 1 is 1.25 bits per heavy atom. The van der Waals surface area contributed by atoms with Crippen molar-refractivity contribution in [2.75, 3.05) is 37.9 Å². The molecule has 0 aromatic heterocycles. The second kappa shape index (κ2) is 7.34.